The average Bonchev–Trinajstić information content (AvgIpc) is 2.78. The minimum absolute atomic E-state index is 0.210. The Kier molecular flexibility index (Phi) is 5.00. The van der Waals surface area contributed by atoms with Crippen LogP contribution in [0.1, 0.15) is 30.4 Å². The van der Waals surface area contributed by atoms with E-state index in [9.17, 15) is 13.2 Å². The molecule has 0 aliphatic carbocycles. The lowest BCUT2D eigenvalue weighted by Gasteiger charge is -2.11. The minimum atomic E-state index is -2.81. The lowest BCUT2D eigenvalue weighted by Crippen LogP contribution is -2.23. The summed E-state index contributed by atoms with van der Waals surface area (Å²) in [7, 11) is -2.81. The quantitative estimate of drug-likeness (QED) is 0.829. The molecule has 1 saturated heterocycles. The number of nitrogens with one attached hydrogen (secondary N) is 1. The maximum Gasteiger partial charge on any atom is 0.310 e. The number of rotatable bonds is 6. The van der Waals surface area contributed by atoms with E-state index in [0.717, 1.165) is 17.5 Å². The predicted molar refractivity (Wildman–Crippen MR) is 81.0 cm³/mol. The van der Waals surface area contributed by atoms with Crippen molar-refractivity contribution in [3.8, 4) is 0 Å². The van der Waals surface area contributed by atoms with Gasteiger partial charge in [-0.15, -0.1) is 0 Å². The molecule has 0 bridgehead atoms. The van der Waals surface area contributed by atoms with Crippen LogP contribution in [0.3, 0.4) is 0 Å². The fourth-order valence-corrected chi connectivity index (χ4v) is 4.38. The first-order chi connectivity index (χ1) is 9.87. The zero-order valence-electron chi connectivity index (χ0n) is 12.1. The van der Waals surface area contributed by atoms with Gasteiger partial charge in [-0.2, -0.15) is 0 Å². The second-order valence-corrected chi connectivity index (χ2v) is 7.93. The lowest BCUT2D eigenvalue weighted by atomic mass is 10.00. The van der Waals surface area contributed by atoms with Gasteiger partial charge in [0.25, 0.3) is 0 Å². The maximum absolute atomic E-state index is 11.4. The Balaban J connectivity index is 1.80. The Hall–Kier alpha value is -1.40. The van der Waals surface area contributed by atoms with Crippen molar-refractivity contribution in [2.45, 2.75) is 25.8 Å². The average molecular weight is 311 g/mol. The van der Waals surface area contributed by atoms with Crippen molar-refractivity contribution in [3.63, 3.8) is 0 Å². The van der Waals surface area contributed by atoms with E-state index < -0.39 is 21.7 Å². The molecule has 6 heteroatoms. The SMILES string of the molecule is CC(C(=O)O)c1ccc(CNCC2CCS(=O)(=O)C2)cc1. The lowest BCUT2D eigenvalue weighted by molar-refractivity contribution is -0.138. The molecule has 1 fully saturated rings. The fourth-order valence-electron chi connectivity index (χ4n) is 2.52. The second kappa shape index (κ2) is 6.58. The van der Waals surface area contributed by atoms with Crippen molar-refractivity contribution in [1.29, 1.82) is 0 Å². The van der Waals surface area contributed by atoms with Gasteiger partial charge >= 0.3 is 5.97 Å². The summed E-state index contributed by atoms with van der Waals surface area (Å²) < 4.78 is 22.7. The van der Waals surface area contributed by atoms with Crippen molar-refractivity contribution in [2.75, 3.05) is 18.1 Å². The molecule has 21 heavy (non-hydrogen) atoms. The molecule has 2 unspecified atom stereocenters. The van der Waals surface area contributed by atoms with Gasteiger partial charge in [0.05, 0.1) is 17.4 Å². The van der Waals surface area contributed by atoms with E-state index in [1.54, 1.807) is 6.92 Å². The Bertz CT molecular complexity index is 595. The van der Waals surface area contributed by atoms with Crippen LogP contribution in [-0.4, -0.2) is 37.5 Å². The number of aliphatic carboxylic acids is 1. The summed E-state index contributed by atoms with van der Waals surface area (Å²) in [5, 5.41) is 12.2. The summed E-state index contributed by atoms with van der Waals surface area (Å²) in [5.74, 6) is -0.531. The molecule has 116 valence electrons. The summed E-state index contributed by atoms with van der Waals surface area (Å²) >= 11 is 0. The highest BCUT2D eigenvalue weighted by atomic mass is 32.2. The topological polar surface area (TPSA) is 83.5 Å². The van der Waals surface area contributed by atoms with Crippen LogP contribution in [0.2, 0.25) is 0 Å². The molecule has 2 N–H and O–H groups in total. The van der Waals surface area contributed by atoms with Crippen LogP contribution in [0, 0.1) is 5.92 Å². The number of carboxylic acid groups (broad SMARTS) is 1. The summed E-state index contributed by atoms with van der Waals surface area (Å²) in [6, 6.07) is 7.48. The molecule has 1 aliphatic rings. The van der Waals surface area contributed by atoms with Gasteiger partial charge in [-0.1, -0.05) is 24.3 Å². The van der Waals surface area contributed by atoms with Crippen LogP contribution in [0.15, 0.2) is 24.3 Å². The summed E-state index contributed by atoms with van der Waals surface area (Å²) in [5.41, 5.74) is 1.85. The molecule has 0 spiro atoms. The number of carboxylic acids is 1. The Morgan fingerprint density at radius 3 is 2.57 bits per heavy atom. The van der Waals surface area contributed by atoms with Gasteiger partial charge in [-0.3, -0.25) is 4.79 Å². The van der Waals surface area contributed by atoms with Crippen LogP contribution in [0.4, 0.5) is 0 Å². The minimum Gasteiger partial charge on any atom is -0.481 e. The molecule has 1 aliphatic heterocycles. The zero-order chi connectivity index (χ0) is 15.5. The van der Waals surface area contributed by atoms with Gasteiger partial charge in [0.15, 0.2) is 9.84 Å². The van der Waals surface area contributed by atoms with Crippen molar-refractivity contribution in [2.24, 2.45) is 5.92 Å². The van der Waals surface area contributed by atoms with Crippen LogP contribution in [0.5, 0.6) is 0 Å². The van der Waals surface area contributed by atoms with Gasteiger partial charge < -0.3 is 10.4 Å². The Morgan fingerprint density at radius 2 is 2.05 bits per heavy atom. The highest BCUT2D eigenvalue weighted by molar-refractivity contribution is 7.91. The third-order valence-corrected chi connectivity index (χ3v) is 5.78. The van der Waals surface area contributed by atoms with Gasteiger partial charge in [0.2, 0.25) is 0 Å². The van der Waals surface area contributed by atoms with Crippen LogP contribution < -0.4 is 5.32 Å². The third-order valence-electron chi connectivity index (χ3n) is 3.94. The molecule has 2 rings (SSSR count). The highest BCUT2D eigenvalue weighted by Gasteiger charge is 2.27. The molecule has 1 heterocycles. The first-order valence-corrected chi connectivity index (χ1v) is 8.92. The van der Waals surface area contributed by atoms with Crippen molar-refractivity contribution < 1.29 is 18.3 Å². The molecule has 0 radical (unpaired) electrons. The van der Waals surface area contributed by atoms with Crippen LogP contribution in [-0.2, 0) is 21.2 Å². The number of sulfone groups is 1. The number of hydrogen-bond donors (Lipinski definition) is 2. The Labute approximate surface area is 125 Å². The summed E-state index contributed by atoms with van der Waals surface area (Å²) in [4.78, 5) is 10.9. The van der Waals surface area contributed by atoms with Gasteiger partial charge in [-0.05, 0) is 36.9 Å². The predicted octanol–water partition coefficient (Wildman–Crippen LogP) is 1.40. The number of benzene rings is 1. The fraction of sp³-hybridized carbons (Fsp3) is 0.533. The molecule has 0 aromatic heterocycles. The van der Waals surface area contributed by atoms with E-state index in [4.69, 9.17) is 5.11 Å². The molecule has 5 nitrogen and oxygen atoms in total. The molecule has 0 amide bonds. The molecular formula is C15H21NO4S. The van der Waals surface area contributed by atoms with E-state index in [-0.39, 0.29) is 11.7 Å². The largest absolute Gasteiger partial charge is 0.481 e. The summed E-state index contributed by atoms with van der Waals surface area (Å²) in [6.07, 6.45) is 0.740. The van der Waals surface area contributed by atoms with Crippen LogP contribution in [0.25, 0.3) is 0 Å². The van der Waals surface area contributed by atoms with E-state index in [2.05, 4.69) is 5.32 Å². The van der Waals surface area contributed by atoms with E-state index >= 15 is 0 Å². The van der Waals surface area contributed by atoms with Crippen molar-refractivity contribution in [3.05, 3.63) is 35.4 Å². The monoisotopic (exact) mass is 311 g/mol. The maximum atomic E-state index is 11.4. The van der Waals surface area contributed by atoms with Crippen molar-refractivity contribution in [1.82, 2.24) is 5.32 Å². The van der Waals surface area contributed by atoms with E-state index in [0.29, 0.717) is 18.8 Å². The third kappa shape index (κ3) is 4.54. The summed E-state index contributed by atoms with van der Waals surface area (Å²) in [6.45, 7) is 3.03. The highest BCUT2D eigenvalue weighted by Crippen LogP contribution is 2.18. The van der Waals surface area contributed by atoms with Gasteiger partial charge in [0.1, 0.15) is 0 Å². The smallest absolute Gasteiger partial charge is 0.310 e. The molecule has 2 atom stereocenters. The van der Waals surface area contributed by atoms with E-state index in [1.165, 1.54) is 0 Å². The number of carbonyl (C=O) groups is 1. The van der Waals surface area contributed by atoms with Crippen LogP contribution >= 0.6 is 0 Å². The first kappa shape index (κ1) is 16.0. The first-order valence-electron chi connectivity index (χ1n) is 7.10. The van der Waals surface area contributed by atoms with Gasteiger partial charge in [-0.25, -0.2) is 8.42 Å². The molecule has 0 saturated carbocycles. The Morgan fingerprint density at radius 1 is 1.38 bits per heavy atom. The number of hydrogen-bond acceptors (Lipinski definition) is 4. The second-order valence-electron chi connectivity index (χ2n) is 5.70. The molecule has 1 aromatic carbocycles. The van der Waals surface area contributed by atoms with Crippen molar-refractivity contribution >= 4 is 15.8 Å². The molecule has 1 aromatic rings. The zero-order valence-corrected chi connectivity index (χ0v) is 12.9. The molecular weight excluding hydrogens is 290 g/mol. The normalized spacial score (nSPS) is 22.0. The standard InChI is InChI=1S/C15H21NO4S/c1-11(15(17)18)14-4-2-12(3-5-14)8-16-9-13-6-7-21(19,20)10-13/h2-5,11,13,16H,6-10H2,1H3,(H,17,18). The van der Waals surface area contributed by atoms with Gasteiger partial charge in [0, 0.05) is 6.54 Å². The van der Waals surface area contributed by atoms with E-state index in [1.807, 2.05) is 24.3 Å².